The van der Waals surface area contributed by atoms with E-state index in [0.29, 0.717) is 23.9 Å². The second-order valence-electron chi connectivity index (χ2n) is 10.7. The van der Waals surface area contributed by atoms with Gasteiger partial charge in [-0.1, -0.05) is 22.2 Å². The lowest BCUT2D eigenvalue weighted by Gasteiger charge is -2.46. The molecular formula is C26H26F4N8O8S. The maximum absolute atomic E-state index is 13.8. The molecule has 47 heavy (non-hydrogen) atoms. The summed E-state index contributed by atoms with van der Waals surface area (Å²) in [6, 6.07) is -1.29. The molecule has 4 unspecified atom stereocenters. The molecule has 2 aliphatic heterocycles. The first-order valence-corrected chi connectivity index (χ1v) is 14.8. The first-order chi connectivity index (χ1) is 22.5. The SMILES string of the molecule is OCC1O[C@@H](S[C@@H]2O[C@H](CO)C(O)C(n3cc(-c4ncc(F)cn4)nn3)[C@H]2O)C(O)[C@@H](n2cc(-c3cc(F)c(F)c(F)c3)nn2)[C@H]1O. The first-order valence-electron chi connectivity index (χ1n) is 13.9. The predicted molar refractivity (Wildman–Crippen MR) is 148 cm³/mol. The van der Waals surface area contributed by atoms with Gasteiger partial charge in [-0.25, -0.2) is 36.9 Å². The highest BCUT2D eigenvalue weighted by Gasteiger charge is 2.51. The van der Waals surface area contributed by atoms with E-state index in [9.17, 15) is 48.2 Å². The van der Waals surface area contributed by atoms with Crippen LogP contribution in [0.3, 0.4) is 0 Å². The van der Waals surface area contributed by atoms with Gasteiger partial charge < -0.3 is 40.1 Å². The van der Waals surface area contributed by atoms with Crippen LogP contribution < -0.4 is 0 Å². The monoisotopic (exact) mass is 686 g/mol. The third kappa shape index (κ3) is 6.33. The second kappa shape index (κ2) is 13.4. The lowest BCUT2D eigenvalue weighted by Crippen LogP contribution is -2.58. The Morgan fingerprint density at radius 1 is 0.702 bits per heavy atom. The van der Waals surface area contributed by atoms with Gasteiger partial charge >= 0.3 is 0 Å². The minimum atomic E-state index is -1.68. The van der Waals surface area contributed by atoms with E-state index in [-0.39, 0.29) is 22.8 Å². The molecule has 0 saturated carbocycles. The van der Waals surface area contributed by atoms with Gasteiger partial charge in [-0.15, -0.1) is 10.2 Å². The average Bonchev–Trinajstić information content (AvgIpc) is 3.74. The van der Waals surface area contributed by atoms with Crippen molar-refractivity contribution in [2.75, 3.05) is 13.2 Å². The molecule has 10 atom stereocenters. The fourth-order valence-electron chi connectivity index (χ4n) is 5.35. The summed E-state index contributed by atoms with van der Waals surface area (Å²) in [7, 11) is 0. The van der Waals surface area contributed by atoms with Crippen LogP contribution in [0.15, 0.2) is 36.9 Å². The Balaban J connectivity index is 1.25. The third-order valence-electron chi connectivity index (χ3n) is 7.73. The molecule has 0 amide bonds. The molecule has 0 spiro atoms. The molecule has 0 radical (unpaired) electrons. The van der Waals surface area contributed by atoms with Crippen molar-refractivity contribution in [3.05, 3.63) is 60.2 Å². The normalized spacial score (nSPS) is 31.3. The Morgan fingerprint density at radius 2 is 1.17 bits per heavy atom. The highest BCUT2D eigenvalue weighted by Crippen LogP contribution is 2.42. The summed E-state index contributed by atoms with van der Waals surface area (Å²) >= 11 is 0.691. The predicted octanol–water partition coefficient (Wildman–Crippen LogP) is -1.06. The third-order valence-corrected chi connectivity index (χ3v) is 9.04. The maximum Gasteiger partial charge on any atom is 0.194 e. The molecule has 16 nitrogen and oxygen atoms in total. The molecule has 252 valence electrons. The molecule has 3 aromatic heterocycles. The van der Waals surface area contributed by atoms with Crippen LogP contribution in [0.4, 0.5) is 17.6 Å². The van der Waals surface area contributed by atoms with Gasteiger partial charge in [-0.2, -0.15) is 0 Å². The van der Waals surface area contributed by atoms with Crippen LogP contribution in [-0.2, 0) is 9.47 Å². The standard InChI is InChI=1S/C26H26F4N8O8S/c27-10-3-31-24(32-4-10)14-6-38(36-34-14)19-21(42)16(8-40)46-26(23(19)44)47-25-22(43)18(20(41)15(7-39)45-25)37-5-13(33-35-37)9-1-11(28)17(30)12(29)2-9/h1-6,15-16,18-23,25-26,39-44H,7-8H2/t15?,16-,18+,19?,20+,21?,22?,23-,25+,26+/m1/s1. The zero-order valence-corrected chi connectivity index (χ0v) is 24.5. The van der Waals surface area contributed by atoms with Crippen LogP contribution in [0, 0.1) is 23.3 Å². The van der Waals surface area contributed by atoms with Crippen LogP contribution in [0.2, 0.25) is 0 Å². The zero-order valence-electron chi connectivity index (χ0n) is 23.6. The number of halogens is 4. The number of aromatic nitrogens is 8. The number of hydrogen-bond acceptors (Lipinski definition) is 15. The number of nitrogens with zero attached hydrogens (tertiary/aromatic N) is 8. The molecule has 6 N–H and O–H groups in total. The van der Waals surface area contributed by atoms with Gasteiger partial charge in [0, 0.05) is 5.56 Å². The second-order valence-corrected chi connectivity index (χ2v) is 11.9. The minimum Gasteiger partial charge on any atom is -0.394 e. The van der Waals surface area contributed by atoms with Crippen molar-refractivity contribution in [1.82, 2.24) is 40.0 Å². The van der Waals surface area contributed by atoms with Crippen LogP contribution >= 0.6 is 11.8 Å². The van der Waals surface area contributed by atoms with Crippen molar-refractivity contribution >= 4 is 11.8 Å². The number of aliphatic hydroxyl groups excluding tert-OH is 6. The lowest BCUT2D eigenvalue weighted by molar-refractivity contribution is -0.189. The summed E-state index contributed by atoms with van der Waals surface area (Å²) in [6.45, 7) is -1.44. The zero-order chi connectivity index (χ0) is 33.6. The fraction of sp³-hybridized carbons (Fsp3) is 0.462. The number of rotatable bonds is 8. The van der Waals surface area contributed by atoms with E-state index in [2.05, 4.69) is 30.6 Å². The smallest absolute Gasteiger partial charge is 0.194 e. The quantitative estimate of drug-likeness (QED) is 0.0960. The summed E-state index contributed by atoms with van der Waals surface area (Å²) in [6.07, 6.45) is -4.73. The molecule has 0 aliphatic carbocycles. The minimum absolute atomic E-state index is 0.00246. The molecule has 2 aliphatic rings. The molecule has 2 saturated heterocycles. The van der Waals surface area contributed by atoms with Crippen LogP contribution in [0.25, 0.3) is 22.8 Å². The van der Waals surface area contributed by atoms with Gasteiger partial charge in [0.25, 0.3) is 0 Å². The van der Waals surface area contributed by atoms with Gasteiger partial charge in [0.15, 0.2) is 29.1 Å². The number of aliphatic hydroxyl groups is 6. The van der Waals surface area contributed by atoms with Crippen molar-refractivity contribution < 1.29 is 57.7 Å². The van der Waals surface area contributed by atoms with E-state index < -0.39 is 96.1 Å². The van der Waals surface area contributed by atoms with Crippen molar-refractivity contribution in [3.63, 3.8) is 0 Å². The summed E-state index contributed by atoms with van der Waals surface area (Å²) in [5, 5.41) is 79.9. The van der Waals surface area contributed by atoms with E-state index in [4.69, 9.17) is 9.47 Å². The lowest BCUT2D eigenvalue weighted by atomic mass is 9.97. The van der Waals surface area contributed by atoms with Crippen LogP contribution in [0.1, 0.15) is 12.1 Å². The summed E-state index contributed by atoms with van der Waals surface area (Å²) < 4.78 is 67.9. The van der Waals surface area contributed by atoms with Crippen LogP contribution in [-0.4, -0.2) is 131 Å². The molecule has 2 fully saturated rings. The average molecular weight is 687 g/mol. The summed E-state index contributed by atoms with van der Waals surface area (Å²) in [5.41, 5.74) is -2.93. The van der Waals surface area contributed by atoms with Gasteiger partial charge in [-0.3, -0.25) is 0 Å². The topological polar surface area (TPSA) is 227 Å². The molecule has 1 aromatic carbocycles. The highest BCUT2D eigenvalue weighted by atomic mass is 32.2. The van der Waals surface area contributed by atoms with Crippen LogP contribution in [0.5, 0.6) is 0 Å². The van der Waals surface area contributed by atoms with E-state index in [0.717, 1.165) is 28.0 Å². The van der Waals surface area contributed by atoms with Gasteiger partial charge in [-0.05, 0) is 12.1 Å². The number of hydrogen-bond donors (Lipinski definition) is 6. The summed E-state index contributed by atoms with van der Waals surface area (Å²) in [5.74, 6) is -5.31. The first kappa shape index (κ1) is 33.2. The molecule has 21 heteroatoms. The van der Waals surface area contributed by atoms with Gasteiger partial charge in [0.1, 0.15) is 71.0 Å². The van der Waals surface area contributed by atoms with Crippen molar-refractivity contribution in [2.45, 2.75) is 59.6 Å². The summed E-state index contributed by atoms with van der Waals surface area (Å²) in [4.78, 5) is 7.64. The Labute approximate surface area is 265 Å². The van der Waals surface area contributed by atoms with Gasteiger partial charge in [0.2, 0.25) is 0 Å². The molecular weight excluding hydrogens is 660 g/mol. The fourth-order valence-corrected chi connectivity index (χ4v) is 6.67. The van der Waals surface area contributed by atoms with E-state index in [1.807, 2.05) is 0 Å². The maximum atomic E-state index is 13.8. The van der Waals surface area contributed by atoms with E-state index >= 15 is 0 Å². The largest absolute Gasteiger partial charge is 0.394 e. The Kier molecular flexibility index (Phi) is 9.51. The van der Waals surface area contributed by atoms with Crippen molar-refractivity contribution in [1.29, 1.82) is 0 Å². The van der Waals surface area contributed by atoms with E-state index in [1.165, 1.54) is 6.20 Å². The highest BCUT2D eigenvalue weighted by molar-refractivity contribution is 8.00. The van der Waals surface area contributed by atoms with Gasteiger partial charge in [0.05, 0.1) is 38.0 Å². The Morgan fingerprint density at radius 3 is 1.66 bits per heavy atom. The number of benzene rings is 1. The molecule has 6 rings (SSSR count). The van der Waals surface area contributed by atoms with E-state index in [1.54, 1.807) is 0 Å². The number of thioether (sulfide) groups is 1. The Bertz CT molecular complexity index is 1680. The van der Waals surface area contributed by atoms with Crippen molar-refractivity contribution in [2.24, 2.45) is 0 Å². The molecule has 4 aromatic rings. The van der Waals surface area contributed by atoms with Crippen molar-refractivity contribution in [3.8, 4) is 22.8 Å². The Hall–Kier alpha value is -3.67. The number of ether oxygens (including phenoxy) is 2. The molecule has 5 heterocycles. The molecule has 0 bridgehead atoms.